The number of anilines is 1. The smallest absolute Gasteiger partial charge is 0.143 e. The highest BCUT2D eigenvalue weighted by Gasteiger charge is 2.11. The van der Waals surface area contributed by atoms with Gasteiger partial charge in [0.25, 0.3) is 0 Å². The van der Waals surface area contributed by atoms with E-state index in [1.54, 1.807) is 0 Å². The van der Waals surface area contributed by atoms with Crippen molar-refractivity contribution < 1.29 is 8.78 Å². The van der Waals surface area contributed by atoms with Crippen LogP contribution >= 0.6 is 0 Å². The molecule has 2 N–H and O–H groups in total. The second kappa shape index (κ2) is 4.03. The first-order valence-electron chi connectivity index (χ1n) is 4.57. The predicted octanol–water partition coefficient (Wildman–Crippen LogP) is 2.78. The summed E-state index contributed by atoms with van der Waals surface area (Å²) in [5.41, 5.74) is 8.08. The minimum Gasteiger partial charge on any atom is -0.399 e. The van der Waals surface area contributed by atoms with E-state index in [1.807, 2.05) is 19.6 Å². The van der Waals surface area contributed by atoms with Crippen LogP contribution in [0.3, 0.4) is 0 Å². The molecule has 1 nitrogen and oxygen atoms in total. The molecule has 0 saturated carbocycles. The van der Waals surface area contributed by atoms with Gasteiger partial charge in [-0.05, 0) is 12.1 Å². The molecule has 0 spiro atoms. The highest BCUT2D eigenvalue weighted by Crippen LogP contribution is 2.15. The lowest BCUT2D eigenvalue weighted by Crippen LogP contribution is -2.16. The molecule has 0 radical (unpaired) electrons. The molecule has 0 fully saturated rings. The average molecular weight is 225 g/mol. The summed E-state index contributed by atoms with van der Waals surface area (Å²) in [6.07, 6.45) is 0. The second-order valence-corrected chi connectivity index (χ2v) is 9.11. The van der Waals surface area contributed by atoms with Gasteiger partial charge in [-0.15, -0.1) is 5.54 Å². The Morgan fingerprint density at radius 3 is 2.00 bits per heavy atom. The Labute approximate surface area is 89.3 Å². The molecular weight excluding hydrogens is 212 g/mol. The number of rotatable bonds is 0. The Morgan fingerprint density at radius 2 is 1.60 bits per heavy atom. The van der Waals surface area contributed by atoms with Gasteiger partial charge in [0.15, 0.2) is 0 Å². The predicted molar refractivity (Wildman–Crippen MR) is 61.0 cm³/mol. The lowest BCUT2D eigenvalue weighted by molar-refractivity contribution is 0.579. The van der Waals surface area contributed by atoms with Crippen LogP contribution in [0.15, 0.2) is 12.1 Å². The van der Waals surface area contributed by atoms with Crippen LogP contribution in [-0.2, 0) is 0 Å². The van der Waals surface area contributed by atoms with Crippen LogP contribution in [0, 0.1) is 23.1 Å². The molecule has 0 atom stereocenters. The van der Waals surface area contributed by atoms with Crippen molar-refractivity contribution in [2.75, 3.05) is 5.73 Å². The number of hydrogen-bond donors (Lipinski definition) is 1. The van der Waals surface area contributed by atoms with Gasteiger partial charge in [0, 0.05) is 5.69 Å². The van der Waals surface area contributed by atoms with Crippen molar-refractivity contribution in [3.63, 3.8) is 0 Å². The van der Waals surface area contributed by atoms with E-state index in [2.05, 4.69) is 11.5 Å². The first kappa shape index (κ1) is 11.7. The summed E-state index contributed by atoms with van der Waals surface area (Å²) in [4.78, 5) is 0. The molecular formula is C11H13F2NSi. The van der Waals surface area contributed by atoms with Crippen molar-refractivity contribution in [2.45, 2.75) is 19.6 Å². The molecule has 80 valence electrons. The van der Waals surface area contributed by atoms with Crippen molar-refractivity contribution in [2.24, 2.45) is 0 Å². The van der Waals surface area contributed by atoms with Crippen molar-refractivity contribution in [1.82, 2.24) is 0 Å². The SMILES string of the molecule is C[Si](C)(C)C#Cc1c(F)cc(N)cc1F. The molecule has 0 heterocycles. The van der Waals surface area contributed by atoms with Crippen LogP contribution in [-0.4, -0.2) is 8.07 Å². The lowest BCUT2D eigenvalue weighted by Gasteiger charge is -2.04. The van der Waals surface area contributed by atoms with Gasteiger partial charge in [0.2, 0.25) is 0 Å². The van der Waals surface area contributed by atoms with Crippen LogP contribution in [0.1, 0.15) is 5.56 Å². The van der Waals surface area contributed by atoms with E-state index in [4.69, 9.17) is 5.73 Å². The molecule has 1 rings (SSSR count). The van der Waals surface area contributed by atoms with Crippen molar-refractivity contribution in [3.05, 3.63) is 29.3 Å². The van der Waals surface area contributed by atoms with E-state index in [0.717, 1.165) is 12.1 Å². The normalized spacial score (nSPS) is 10.7. The molecule has 4 heteroatoms. The molecule has 15 heavy (non-hydrogen) atoms. The van der Waals surface area contributed by atoms with Gasteiger partial charge in [0.1, 0.15) is 19.7 Å². The number of hydrogen-bond acceptors (Lipinski definition) is 1. The van der Waals surface area contributed by atoms with Gasteiger partial charge in [-0.2, -0.15) is 0 Å². The van der Waals surface area contributed by atoms with Crippen LogP contribution in [0.4, 0.5) is 14.5 Å². The van der Waals surface area contributed by atoms with Crippen molar-refractivity contribution in [3.8, 4) is 11.5 Å². The Bertz CT molecular complexity index is 415. The van der Waals surface area contributed by atoms with E-state index in [0.29, 0.717) is 0 Å². The summed E-state index contributed by atoms with van der Waals surface area (Å²) in [5.74, 6) is 1.16. The maximum atomic E-state index is 13.3. The minimum atomic E-state index is -1.63. The van der Waals surface area contributed by atoms with Crippen LogP contribution in [0.5, 0.6) is 0 Å². The van der Waals surface area contributed by atoms with Gasteiger partial charge < -0.3 is 5.73 Å². The highest BCUT2D eigenvalue weighted by atomic mass is 28.3. The third-order valence-electron chi connectivity index (χ3n) is 1.63. The molecule has 0 bridgehead atoms. The highest BCUT2D eigenvalue weighted by molar-refractivity contribution is 6.83. The molecule has 0 aliphatic heterocycles. The quantitative estimate of drug-likeness (QED) is 0.410. The summed E-state index contributed by atoms with van der Waals surface area (Å²) in [6.45, 7) is 6.02. The fourth-order valence-corrected chi connectivity index (χ4v) is 1.46. The largest absolute Gasteiger partial charge is 0.399 e. The van der Waals surface area contributed by atoms with Crippen LogP contribution < -0.4 is 5.73 Å². The first-order chi connectivity index (χ1) is 6.79. The Balaban J connectivity index is 3.20. The number of nitrogens with two attached hydrogens (primary N) is 1. The van der Waals surface area contributed by atoms with Crippen molar-refractivity contribution >= 4 is 13.8 Å². The molecule has 0 saturated heterocycles. The number of benzene rings is 1. The molecule has 1 aromatic carbocycles. The summed E-state index contributed by atoms with van der Waals surface area (Å²) < 4.78 is 26.6. The standard InChI is InChI=1S/C11H13F2NSi/c1-15(2,3)5-4-9-10(12)6-8(14)7-11(9)13/h6-7H,14H2,1-3H3. The molecule has 0 amide bonds. The van der Waals surface area contributed by atoms with Crippen molar-refractivity contribution in [1.29, 1.82) is 0 Å². The third kappa shape index (κ3) is 3.37. The van der Waals surface area contributed by atoms with Gasteiger partial charge >= 0.3 is 0 Å². The summed E-state index contributed by atoms with van der Waals surface area (Å²) in [7, 11) is -1.63. The van der Waals surface area contributed by atoms with E-state index >= 15 is 0 Å². The summed E-state index contributed by atoms with van der Waals surface area (Å²) in [6, 6.07) is 2.16. The molecule has 0 unspecified atom stereocenters. The van der Waals surface area contributed by atoms with Gasteiger partial charge in [-0.3, -0.25) is 0 Å². The Hall–Kier alpha value is -1.34. The van der Waals surface area contributed by atoms with Crippen LogP contribution in [0.25, 0.3) is 0 Å². The van der Waals surface area contributed by atoms with Crippen LogP contribution in [0.2, 0.25) is 19.6 Å². The van der Waals surface area contributed by atoms with Gasteiger partial charge in [0.05, 0.1) is 5.56 Å². The minimum absolute atomic E-state index is 0.0727. The first-order valence-corrected chi connectivity index (χ1v) is 8.07. The zero-order valence-electron chi connectivity index (χ0n) is 8.99. The molecule has 0 aliphatic rings. The maximum absolute atomic E-state index is 13.3. The summed E-state index contributed by atoms with van der Waals surface area (Å²) in [5, 5.41) is 0. The third-order valence-corrected chi connectivity index (χ3v) is 2.50. The zero-order chi connectivity index (χ0) is 11.6. The Morgan fingerprint density at radius 1 is 1.13 bits per heavy atom. The fraction of sp³-hybridized carbons (Fsp3) is 0.273. The van der Waals surface area contributed by atoms with E-state index in [9.17, 15) is 8.78 Å². The van der Waals surface area contributed by atoms with E-state index < -0.39 is 19.7 Å². The number of nitrogen functional groups attached to an aromatic ring is 1. The lowest BCUT2D eigenvalue weighted by atomic mass is 10.2. The molecule has 0 aliphatic carbocycles. The zero-order valence-corrected chi connectivity index (χ0v) is 9.99. The van der Waals surface area contributed by atoms with E-state index in [1.165, 1.54) is 0 Å². The summed E-state index contributed by atoms with van der Waals surface area (Å²) >= 11 is 0. The molecule has 1 aromatic rings. The van der Waals surface area contributed by atoms with E-state index in [-0.39, 0.29) is 11.3 Å². The second-order valence-electron chi connectivity index (χ2n) is 4.36. The van der Waals surface area contributed by atoms with Gasteiger partial charge in [-0.25, -0.2) is 8.78 Å². The topological polar surface area (TPSA) is 26.0 Å². The van der Waals surface area contributed by atoms with Gasteiger partial charge in [-0.1, -0.05) is 25.6 Å². The average Bonchev–Trinajstić information content (AvgIpc) is 1.99. The maximum Gasteiger partial charge on any atom is 0.143 e. The Kier molecular flexibility index (Phi) is 3.15. The number of halogens is 2. The monoisotopic (exact) mass is 225 g/mol. The molecule has 0 aromatic heterocycles. The fourth-order valence-electron chi connectivity index (χ4n) is 0.962.